The van der Waals surface area contributed by atoms with E-state index in [2.05, 4.69) is 50.3 Å². The van der Waals surface area contributed by atoms with Gasteiger partial charge >= 0.3 is 0 Å². The number of fused-ring (bicyclic) bond motifs is 8. The van der Waals surface area contributed by atoms with Crippen LogP contribution in [0.25, 0.3) is 46.4 Å². The van der Waals surface area contributed by atoms with Crippen molar-refractivity contribution in [1.82, 2.24) is 19.9 Å². The lowest BCUT2D eigenvalue weighted by molar-refractivity contribution is 0.282. The lowest BCUT2D eigenvalue weighted by Crippen LogP contribution is -1.77. The molecule has 6 rings (SSSR count). The number of aromatic nitrogens is 4. The summed E-state index contributed by atoms with van der Waals surface area (Å²) >= 11 is 0. The zero-order valence-electron chi connectivity index (χ0n) is 17.4. The lowest BCUT2D eigenvalue weighted by Gasteiger charge is -1.89. The van der Waals surface area contributed by atoms with Gasteiger partial charge in [0.25, 0.3) is 0 Å². The molecule has 0 unspecified atom stereocenters. The highest BCUT2D eigenvalue weighted by atomic mass is 16.3. The van der Waals surface area contributed by atoms with Crippen molar-refractivity contribution in [2.45, 2.75) is 6.61 Å². The first kappa shape index (κ1) is 19.7. The van der Waals surface area contributed by atoms with Crippen LogP contribution in [0.1, 0.15) is 28.3 Å². The first-order valence-electron chi connectivity index (χ1n) is 10.4. The van der Waals surface area contributed by atoms with E-state index in [1.54, 1.807) is 0 Å². The van der Waals surface area contributed by atoms with Crippen LogP contribution in [0.3, 0.4) is 0 Å². The van der Waals surface area contributed by atoms with E-state index in [-0.39, 0.29) is 6.61 Å². The molecule has 0 aliphatic carbocycles. The third-order valence-electron chi connectivity index (χ3n) is 5.07. The standard InChI is InChI=1S/C20H14N4.C7H8O/c1-2-14-10-16-5-6-18(23-16)12-20-8-7-19(24-20)11-17-4-3-15(22-17)9-13(1)21-14;8-6-7-4-2-1-3-5-7/h1-12,21-22H;1-5,8H,6H2. The van der Waals surface area contributed by atoms with Gasteiger partial charge in [0.15, 0.2) is 0 Å². The van der Waals surface area contributed by atoms with Gasteiger partial charge in [0, 0.05) is 22.1 Å². The minimum atomic E-state index is 0.140. The molecule has 32 heavy (non-hydrogen) atoms. The average molecular weight is 419 g/mol. The average Bonchev–Trinajstić information content (AvgIpc) is 3.61. The minimum Gasteiger partial charge on any atom is -0.392 e. The molecule has 5 heterocycles. The number of benzene rings is 1. The van der Waals surface area contributed by atoms with Gasteiger partial charge in [-0.3, -0.25) is 0 Å². The molecule has 8 bridgehead atoms. The summed E-state index contributed by atoms with van der Waals surface area (Å²) in [6.45, 7) is 0.140. The number of nitrogens with one attached hydrogen (secondary N) is 2. The van der Waals surface area contributed by atoms with Crippen molar-refractivity contribution in [2.75, 3.05) is 0 Å². The zero-order valence-corrected chi connectivity index (χ0v) is 17.4. The van der Waals surface area contributed by atoms with Crippen LogP contribution in [-0.2, 0) is 6.61 Å². The van der Waals surface area contributed by atoms with E-state index in [0.717, 1.165) is 50.4 Å². The third-order valence-corrected chi connectivity index (χ3v) is 5.07. The monoisotopic (exact) mass is 418 g/mol. The van der Waals surface area contributed by atoms with E-state index in [1.807, 2.05) is 72.8 Å². The van der Waals surface area contributed by atoms with Crippen molar-refractivity contribution in [2.24, 2.45) is 0 Å². The fourth-order valence-corrected chi connectivity index (χ4v) is 3.53. The number of aromatic amines is 2. The maximum absolute atomic E-state index is 8.54. The van der Waals surface area contributed by atoms with Crippen molar-refractivity contribution < 1.29 is 5.11 Å². The second kappa shape index (κ2) is 8.88. The summed E-state index contributed by atoms with van der Waals surface area (Å²) in [7, 11) is 0. The Morgan fingerprint density at radius 2 is 0.969 bits per heavy atom. The van der Waals surface area contributed by atoms with Crippen LogP contribution in [0, 0.1) is 0 Å². The molecule has 2 aliphatic heterocycles. The fourth-order valence-electron chi connectivity index (χ4n) is 3.53. The van der Waals surface area contributed by atoms with Gasteiger partial charge < -0.3 is 15.1 Å². The molecule has 0 spiro atoms. The fraction of sp³-hybridized carbons (Fsp3) is 0.0370. The second-order valence-corrected chi connectivity index (χ2v) is 7.55. The SMILES string of the molecule is C1=Cc2cc3ccc(cc4ccc(cc5nc(cc1n2)C=C5)[nH]4)[nH]3.OCc1ccccc1. The number of hydrogen-bond donors (Lipinski definition) is 3. The van der Waals surface area contributed by atoms with Gasteiger partial charge in [-0.25, -0.2) is 9.97 Å². The summed E-state index contributed by atoms with van der Waals surface area (Å²) in [5, 5.41) is 8.54. The van der Waals surface area contributed by atoms with Gasteiger partial charge in [0.05, 0.1) is 29.4 Å². The Bertz CT molecular complexity index is 1370. The molecule has 156 valence electrons. The Morgan fingerprint density at radius 1 is 0.531 bits per heavy atom. The summed E-state index contributed by atoms with van der Waals surface area (Å²) in [4.78, 5) is 16.0. The Balaban J connectivity index is 0.000000230. The van der Waals surface area contributed by atoms with Crippen molar-refractivity contribution in [3.05, 3.63) is 107 Å². The van der Waals surface area contributed by atoms with E-state index in [1.165, 1.54) is 0 Å². The molecule has 0 radical (unpaired) electrons. The summed E-state index contributed by atoms with van der Waals surface area (Å²) in [5.74, 6) is 0. The van der Waals surface area contributed by atoms with Gasteiger partial charge in [-0.15, -0.1) is 0 Å². The van der Waals surface area contributed by atoms with Crippen LogP contribution in [-0.4, -0.2) is 25.0 Å². The molecule has 5 nitrogen and oxygen atoms in total. The number of nitrogens with zero attached hydrogens (tertiary/aromatic N) is 2. The molecule has 3 aromatic heterocycles. The second-order valence-electron chi connectivity index (χ2n) is 7.55. The lowest BCUT2D eigenvalue weighted by atomic mass is 10.2. The van der Waals surface area contributed by atoms with E-state index in [4.69, 9.17) is 5.11 Å². The quantitative estimate of drug-likeness (QED) is 0.314. The van der Waals surface area contributed by atoms with Crippen LogP contribution in [0.15, 0.2) is 78.9 Å². The van der Waals surface area contributed by atoms with Crippen molar-refractivity contribution in [3.8, 4) is 0 Å². The first-order valence-corrected chi connectivity index (χ1v) is 10.4. The molecular weight excluding hydrogens is 396 g/mol. The number of hydrogen-bond acceptors (Lipinski definition) is 3. The summed E-state index contributed by atoms with van der Waals surface area (Å²) in [6.07, 6.45) is 8.05. The van der Waals surface area contributed by atoms with Crippen molar-refractivity contribution in [1.29, 1.82) is 0 Å². The van der Waals surface area contributed by atoms with Crippen LogP contribution in [0.2, 0.25) is 0 Å². The number of H-pyrrole nitrogens is 2. The molecule has 0 saturated heterocycles. The molecule has 0 amide bonds. The van der Waals surface area contributed by atoms with Gasteiger partial charge in [-0.2, -0.15) is 0 Å². The van der Waals surface area contributed by atoms with E-state index in [9.17, 15) is 0 Å². The van der Waals surface area contributed by atoms with Crippen LogP contribution >= 0.6 is 0 Å². The molecule has 0 fully saturated rings. The van der Waals surface area contributed by atoms with Gasteiger partial charge in [0.2, 0.25) is 0 Å². The predicted molar refractivity (Wildman–Crippen MR) is 131 cm³/mol. The van der Waals surface area contributed by atoms with Crippen LogP contribution in [0.4, 0.5) is 0 Å². The van der Waals surface area contributed by atoms with Gasteiger partial charge in [0.1, 0.15) is 0 Å². The largest absolute Gasteiger partial charge is 0.392 e. The Labute approximate surface area is 185 Å². The number of aliphatic hydroxyl groups is 1. The van der Waals surface area contributed by atoms with Crippen LogP contribution < -0.4 is 0 Å². The van der Waals surface area contributed by atoms with E-state index in [0.29, 0.717) is 0 Å². The Hall–Kier alpha value is -4.22. The van der Waals surface area contributed by atoms with E-state index < -0.39 is 0 Å². The predicted octanol–water partition coefficient (Wildman–Crippen LogP) is 5.83. The summed E-state index contributed by atoms with van der Waals surface area (Å²) in [5.41, 5.74) is 8.83. The van der Waals surface area contributed by atoms with Gasteiger partial charge in [-0.05, 0) is 78.4 Å². The zero-order chi connectivity index (χ0) is 21.8. The van der Waals surface area contributed by atoms with Crippen LogP contribution in [0.5, 0.6) is 0 Å². The minimum absolute atomic E-state index is 0.140. The smallest absolute Gasteiger partial charge is 0.0681 e. The molecular formula is C27H22N4O. The molecule has 0 atom stereocenters. The summed E-state index contributed by atoms with van der Waals surface area (Å²) < 4.78 is 0. The van der Waals surface area contributed by atoms with E-state index >= 15 is 0 Å². The van der Waals surface area contributed by atoms with Gasteiger partial charge in [-0.1, -0.05) is 30.3 Å². The molecule has 4 aromatic rings. The Kier molecular flexibility index (Phi) is 5.47. The maximum Gasteiger partial charge on any atom is 0.0681 e. The topological polar surface area (TPSA) is 77.6 Å². The molecule has 1 aromatic carbocycles. The molecule has 2 aliphatic rings. The number of aliphatic hydroxyl groups excluding tert-OH is 1. The van der Waals surface area contributed by atoms with Crippen molar-refractivity contribution >= 4 is 46.4 Å². The third kappa shape index (κ3) is 4.74. The highest BCUT2D eigenvalue weighted by molar-refractivity contribution is 5.77. The first-order chi connectivity index (χ1) is 15.7. The highest BCUT2D eigenvalue weighted by Gasteiger charge is 2.02. The molecule has 0 saturated carbocycles. The van der Waals surface area contributed by atoms with Crippen molar-refractivity contribution in [3.63, 3.8) is 0 Å². The summed E-state index contributed by atoms with van der Waals surface area (Å²) in [6, 6.07) is 25.9. The Morgan fingerprint density at radius 3 is 1.41 bits per heavy atom. The molecule has 5 heteroatoms. The maximum atomic E-state index is 8.54. The molecule has 3 N–H and O–H groups in total. The highest BCUT2D eigenvalue weighted by Crippen LogP contribution is 2.17. The number of rotatable bonds is 1. The normalized spacial score (nSPS) is 11.8.